The van der Waals surface area contributed by atoms with Crippen LogP contribution < -0.4 is 4.74 Å². The van der Waals surface area contributed by atoms with Crippen LogP contribution in [0.5, 0.6) is 5.75 Å². The normalized spacial score (nSPS) is 16.3. The third-order valence-corrected chi connectivity index (χ3v) is 3.49. The summed E-state index contributed by atoms with van der Waals surface area (Å²) in [6.45, 7) is 5.25. The molecule has 1 aromatic carbocycles. The summed E-state index contributed by atoms with van der Waals surface area (Å²) in [7, 11) is 0. The summed E-state index contributed by atoms with van der Waals surface area (Å²) in [4.78, 5) is 11.5. The lowest BCUT2D eigenvalue weighted by Gasteiger charge is -2.22. The van der Waals surface area contributed by atoms with Crippen LogP contribution in [-0.4, -0.2) is 5.97 Å². The molecular formula is C16H20O2. The second kappa shape index (κ2) is 5.85. The van der Waals surface area contributed by atoms with Gasteiger partial charge in [-0.15, -0.1) is 0 Å². The number of carbonyl (C=O) groups is 1. The van der Waals surface area contributed by atoms with Gasteiger partial charge < -0.3 is 4.74 Å². The Morgan fingerprint density at radius 1 is 1.28 bits per heavy atom. The Bertz CT molecular complexity index is 442. The van der Waals surface area contributed by atoms with Gasteiger partial charge in [-0.1, -0.05) is 38.0 Å². The number of carbonyl (C=O) groups excluding carboxylic acids is 1. The van der Waals surface area contributed by atoms with Crippen molar-refractivity contribution >= 4 is 5.97 Å². The fourth-order valence-corrected chi connectivity index (χ4v) is 2.46. The van der Waals surface area contributed by atoms with Crippen LogP contribution in [0.3, 0.4) is 0 Å². The third kappa shape index (κ3) is 3.22. The highest BCUT2D eigenvalue weighted by Gasteiger charge is 2.16. The standard InChI is InChI=1S/C16H20O2/c1-12(2)16(17)18-15-10-6-9-14(11-15)13-7-4-3-5-8-13/h6,9-11,13H,1,3-5,7-8H2,2H3. The van der Waals surface area contributed by atoms with Crippen molar-refractivity contribution < 1.29 is 9.53 Å². The van der Waals surface area contributed by atoms with Gasteiger partial charge in [0.2, 0.25) is 0 Å². The van der Waals surface area contributed by atoms with E-state index in [9.17, 15) is 4.79 Å². The zero-order valence-electron chi connectivity index (χ0n) is 10.9. The summed E-state index contributed by atoms with van der Waals surface area (Å²) in [6, 6.07) is 7.92. The first-order valence-corrected chi connectivity index (χ1v) is 6.64. The first-order chi connectivity index (χ1) is 8.66. The van der Waals surface area contributed by atoms with Crippen molar-refractivity contribution in [1.29, 1.82) is 0 Å². The Morgan fingerprint density at radius 3 is 2.67 bits per heavy atom. The maximum Gasteiger partial charge on any atom is 0.338 e. The van der Waals surface area contributed by atoms with Crippen LogP contribution >= 0.6 is 0 Å². The van der Waals surface area contributed by atoms with Crippen molar-refractivity contribution in [2.45, 2.75) is 44.9 Å². The molecule has 0 radical (unpaired) electrons. The molecule has 1 aromatic rings. The van der Waals surface area contributed by atoms with Crippen LogP contribution in [0.2, 0.25) is 0 Å². The SMILES string of the molecule is C=C(C)C(=O)Oc1cccc(C2CCCCC2)c1. The number of rotatable bonds is 3. The molecule has 2 heteroatoms. The molecule has 0 aromatic heterocycles. The van der Waals surface area contributed by atoms with E-state index in [4.69, 9.17) is 4.74 Å². The molecule has 0 unspecified atom stereocenters. The predicted octanol–water partition coefficient (Wildman–Crippen LogP) is 4.22. The maximum absolute atomic E-state index is 11.5. The summed E-state index contributed by atoms with van der Waals surface area (Å²) in [6.07, 6.45) is 6.46. The molecule has 0 saturated heterocycles. The molecule has 1 saturated carbocycles. The van der Waals surface area contributed by atoms with E-state index in [1.165, 1.54) is 37.7 Å². The molecule has 0 atom stereocenters. The number of ether oxygens (including phenoxy) is 1. The van der Waals surface area contributed by atoms with Gasteiger partial charge in [-0.25, -0.2) is 4.79 Å². The lowest BCUT2D eigenvalue weighted by molar-refractivity contribution is -0.130. The van der Waals surface area contributed by atoms with Crippen LogP contribution in [0.25, 0.3) is 0 Å². The van der Waals surface area contributed by atoms with Crippen LogP contribution in [0, 0.1) is 0 Å². The molecule has 1 fully saturated rings. The zero-order valence-corrected chi connectivity index (χ0v) is 10.9. The van der Waals surface area contributed by atoms with Gasteiger partial charge in [0.25, 0.3) is 0 Å². The van der Waals surface area contributed by atoms with E-state index in [1.807, 2.05) is 18.2 Å². The van der Waals surface area contributed by atoms with Crippen molar-refractivity contribution in [1.82, 2.24) is 0 Å². The number of esters is 1. The second-order valence-corrected chi connectivity index (χ2v) is 5.08. The average molecular weight is 244 g/mol. The Labute approximate surface area is 109 Å². The Morgan fingerprint density at radius 2 is 2.00 bits per heavy atom. The van der Waals surface area contributed by atoms with Gasteiger partial charge in [0, 0.05) is 5.57 Å². The van der Waals surface area contributed by atoms with Gasteiger partial charge in [0.05, 0.1) is 0 Å². The molecule has 18 heavy (non-hydrogen) atoms. The summed E-state index contributed by atoms with van der Waals surface area (Å²) < 4.78 is 5.27. The Hall–Kier alpha value is -1.57. The topological polar surface area (TPSA) is 26.3 Å². The lowest BCUT2D eigenvalue weighted by Crippen LogP contribution is -2.09. The number of hydrogen-bond acceptors (Lipinski definition) is 2. The molecule has 1 aliphatic carbocycles. The van der Waals surface area contributed by atoms with Crippen LogP contribution in [0.15, 0.2) is 36.4 Å². The molecule has 0 amide bonds. The van der Waals surface area contributed by atoms with Gasteiger partial charge in [0.15, 0.2) is 0 Å². The monoisotopic (exact) mass is 244 g/mol. The average Bonchev–Trinajstić information content (AvgIpc) is 2.40. The van der Waals surface area contributed by atoms with Crippen LogP contribution in [0.1, 0.15) is 50.5 Å². The fraction of sp³-hybridized carbons (Fsp3) is 0.438. The van der Waals surface area contributed by atoms with Crippen LogP contribution in [0.4, 0.5) is 0 Å². The summed E-state index contributed by atoms with van der Waals surface area (Å²) >= 11 is 0. The highest BCUT2D eigenvalue weighted by atomic mass is 16.5. The highest BCUT2D eigenvalue weighted by molar-refractivity contribution is 5.88. The highest BCUT2D eigenvalue weighted by Crippen LogP contribution is 2.33. The van der Waals surface area contributed by atoms with Crippen LogP contribution in [-0.2, 0) is 4.79 Å². The smallest absolute Gasteiger partial charge is 0.338 e. The van der Waals surface area contributed by atoms with Gasteiger partial charge in [-0.3, -0.25) is 0 Å². The van der Waals surface area contributed by atoms with Crippen molar-refractivity contribution in [3.05, 3.63) is 42.0 Å². The number of hydrogen-bond donors (Lipinski definition) is 0. The molecule has 0 spiro atoms. The van der Waals surface area contributed by atoms with E-state index < -0.39 is 0 Å². The first-order valence-electron chi connectivity index (χ1n) is 6.64. The van der Waals surface area contributed by atoms with Crippen molar-refractivity contribution in [2.24, 2.45) is 0 Å². The molecule has 0 aliphatic heterocycles. The molecule has 2 nitrogen and oxygen atoms in total. The molecule has 0 bridgehead atoms. The first kappa shape index (κ1) is 12.9. The van der Waals surface area contributed by atoms with E-state index in [0.29, 0.717) is 17.2 Å². The van der Waals surface area contributed by atoms with Gasteiger partial charge in [-0.05, 0) is 43.4 Å². The van der Waals surface area contributed by atoms with Crippen molar-refractivity contribution in [3.63, 3.8) is 0 Å². The largest absolute Gasteiger partial charge is 0.423 e. The maximum atomic E-state index is 11.5. The summed E-state index contributed by atoms with van der Waals surface area (Å²) in [5.74, 6) is 0.907. The van der Waals surface area contributed by atoms with E-state index in [0.717, 1.165) is 0 Å². The summed E-state index contributed by atoms with van der Waals surface area (Å²) in [5, 5.41) is 0. The van der Waals surface area contributed by atoms with E-state index in [2.05, 4.69) is 12.6 Å². The molecule has 0 N–H and O–H groups in total. The molecular weight excluding hydrogens is 224 g/mol. The van der Waals surface area contributed by atoms with Gasteiger partial charge in [-0.2, -0.15) is 0 Å². The molecule has 96 valence electrons. The molecule has 0 heterocycles. The van der Waals surface area contributed by atoms with Crippen molar-refractivity contribution in [2.75, 3.05) is 0 Å². The Balaban J connectivity index is 2.09. The number of benzene rings is 1. The minimum Gasteiger partial charge on any atom is -0.423 e. The fourth-order valence-electron chi connectivity index (χ4n) is 2.46. The molecule has 1 aliphatic rings. The van der Waals surface area contributed by atoms with E-state index in [-0.39, 0.29) is 5.97 Å². The Kier molecular flexibility index (Phi) is 4.19. The van der Waals surface area contributed by atoms with E-state index >= 15 is 0 Å². The minimum atomic E-state index is -0.351. The second-order valence-electron chi connectivity index (χ2n) is 5.08. The zero-order chi connectivity index (χ0) is 13.0. The van der Waals surface area contributed by atoms with Crippen molar-refractivity contribution in [3.8, 4) is 5.75 Å². The van der Waals surface area contributed by atoms with E-state index in [1.54, 1.807) is 6.92 Å². The van der Waals surface area contributed by atoms with Gasteiger partial charge >= 0.3 is 5.97 Å². The predicted molar refractivity (Wildman–Crippen MR) is 72.7 cm³/mol. The summed E-state index contributed by atoms with van der Waals surface area (Å²) in [5.41, 5.74) is 1.72. The third-order valence-electron chi connectivity index (χ3n) is 3.49. The van der Waals surface area contributed by atoms with Gasteiger partial charge in [0.1, 0.15) is 5.75 Å². The molecule has 2 rings (SSSR count). The lowest BCUT2D eigenvalue weighted by atomic mass is 9.84. The minimum absolute atomic E-state index is 0.351. The quantitative estimate of drug-likeness (QED) is 0.452.